The van der Waals surface area contributed by atoms with Crippen molar-refractivity contribution in [3.8, 4) is 0 Å². The molecule has 1 rings (SSSR count). The molecule has 5 heteroatoms. The van der Waals surface area contributed by atoms with Gasteiger partial charge in [-0.15, -0.1) is 0 Å². The highest BCUT2D eigenvalue weighted by molar-refractivity contribution is 7.84. The summed E-state index contributed by atoms with van der Waals surface area (Å²) < 4.78 is 10.8. The van der Waals surface area contributed by atoms with Crippen molar-refractivity contribution in [3.63, 3.8) is 0 Å². The first-order valence-electron chi connectivity index (χ1n) is 6.01. The number of carbonyl (C=O) groups excluding carboxylic acids is 1. The van der Waals surface area contributed by atoms with E-state index in [1.807, 2.05) is 0 Å². The van der Waals surface area contributed by atoms with Gasteiger partial charge in [0.05, 0.1) is 6.04 Å². The second-order valence-corrected chi connectivity index (χ2v) is 5.83. The second kappa shape index (κ2) is 7.79. The van der Waals surface area contributed by atoms with Gasteiger partial charge >= 0.3 is 0 Å². The molecule has 0 bridgehead atoms. The number of rotatable bonds is 5. The number of hydrogen-bond donors (Lipinski definition) is 2. The highest BCUT2D eigenvalue weighted by atomic mass is 32.2. The van der Waals surface area contributed by atoms with Crippen LogP contribution in [0.1, 0.15) is 32.1 Å². The lowest BCUT2D eigenvalue weighted by atomic mass is 10.1. The van der Waals surface area contributed by atoms with Crippen molar-refractivity contribution in [2.45, 2.75) is 38.1 Å². The van der Waals surface area contributed by atoms with E-state index < -0.39 is 10.8 Å². The molecule has 1 saturated heterocycles. The molecular formula is C11H22N2O2S. The van der Waals surface area contributed by atoms with Crippen molar-refractivity contribution in [1.82, 2.24) is 10.6 Å². The molecule has 4 nitrogen and oxygen atoms in total. The van der Waals surface area contributed by atoms with Gasteiger partial charge in [0.1, 0.15) is 0 Å². The first-order chi connectivity index (χ1) is 7.70. The van der Waals surface area contributed by atoms with Gasteiger partial charge in [0, 0.05) is 29.4 Å². The molecule has 0 aromatic rings. The Labute approximate surface area is 100 Å². The standard InChI is InChI=1S/C11H22N2O2S/c1-16(15)9-5-8-13-11(14)10-6-3-2-4-7-12-10/h10,12H,2-9H2,1H3,(H,13,14). The summed E-state index contributed by atoms with van der Waals surface area (Å²) in [5.41, 5.74) is 0. The predicted octanol–water partition coefficient (Wildman–Crippen LogP) is 0.403. The second-order valence-electron chi connectivity index (χ2n) is 4.28. The van der Waals surface area contributed by atoms with E-state index in [4.69, 9.17) is 0 Å². The molecule has 0 saturated carbocycles. The van der Waals surface area contributed by atoms with Crippen LogP contribution in [0.5, 0.6) is 0 Å². The maximum atomic E-state index is 11.7. The smallest absolute Gasteiger partial charge is 0.237 e. The van der Waals surface area contributed by atoms with E-state index in [-0.39, 0.29) is 11.9 Å². The molecular weight excluding hydrogens is 224 g/mol. The Morgan fingerprint density at radius 3 is 3.00 bits per heavy atom. The molecule has 1 amide bonds. The topological polar surface area (TPSA) is 58.2 Å². The summed E-state index contributed by atoms with van der Waals surface area (Å²) in [6.07, 6.45) is 6.93. The van der Waals surface area contributed by atoms with Crippen LogP contribution < -0.4 is 10.6 Å². The van der Waals surface area contributed by atoms with E-state index in [0.717, 1.165) is 25.8 Å². The van der Waals surface area contributed by atoms with Crippen molar-refractivity contribution < 1.29 is 9.00 Å². The molecule has 16 heavy (non-hydrogen) atoms. The van der Waals surface area contributed by atoms with Crippen LogP contribution in [-0.4, -0.2) is 41.3 Å². The van der Waals surface area contributed by atoms with Crippen LogP contribution in [0.15, 0.2) is 0 Å². The average Bonchev–Trinajstić information content (AvgIpc) is 2.52. The first kappa shape index (κ1) is 13.6. The molecule has 2 atom stereocenters. The Morgan fingerprint density at radius 1 is 1.44 bits per heavy atom. The van der Waals surface area contributed by atoms with Gasteiger partial charge in [0.25, 0.3) is 0 Å². The van der Waals surface area contributed by atoms with Gasteiger partial charge < -0.3 is 10.6 Å². The van der Waals surface area contributed by atoms with Crippen molar-refractivity contribution in [2.24, 2.45) is 0 Å². The Balaban J connectivity index is 2.15. The van der Waals surface area contributed by atoms with Gasteiger partial charge in [-0.3, -0.25) is 9.00 Å². The average molecular weight is 246 g/mol. The summed E-state index contributed by atoms with van der Waals surface area (Å²) in [6, 6.07) is -0.0189. The van der Waals surface area contributed by atoms with Gasteiger partial charge in [0.2, 0.25) is 5.91 Å². The lowest BCUT2D eigenvalue weighted by molar-refractivity contribution is -0.123. The fourth-order valence-electron chi connectivity index (χ4n) is 1.86. The molecule has 1 fully saturated rings. The van der Waals surface area contributed by atoms with E-state index in [2.05, 4.69) is 10.6 Å². The third kappa shape index (κ3) is 5.61. The number of carbonyl (C=O) groups is 1. The van der Waals surface area contributed by atoms with E-state index in [1.54, 1.807) is 6.26 Å². The third-order valence-electron chi connectivity index (χ3n) is 2.78. The van der Waals surface area contributed by atoms with Crippen LogP contribution in [0, 0.1) is 0 Å². The maximum Gasteiger partial charge on any atom is 0.237 e. The minimum Gasteiger partial charge on any atom is -0.355 e. The molecule has 0 spiro atoms. The van der Waals surface area contributed by atoms with Crippen LogP contribution in [0.25, 0.3) is 0 Å². The summed E-state index contributed by atoms with van der Waals surface area (Å²) in [4.78, 5) is 11.7. The Bertz CT molecular complexity index is 238. The van der Waals surface area contributed by atoms with E-state index in [1.165, 1.54) is 12.8 Å². The number of hydrogen-bond acceptors (Lipinski definition) is 3. The molecule has 1 heterocycles. The van der Waals surface area contributed by atoms with Gasteiger partial charge in [-0.25, -0.2) is 0 Å². The zero-order valence-electron chi connectivity index (χ0n) is 9.96. The minimum atomic E-state index is -0.755. The Hall–Kier alpha value is -0.420. The fourth-order valence-corrected chi connectivity index (χ4v) is 2.41. The van der Waals surface area contributed by atoms with Crippen LogP contribution in [-0.2, 0) is 15.6 Å². The molecule has 2 unspecified atom stereocenters. The molecule has 0 aliphatic carbocycles. The molecule has 1 aliphatic heterocycles. The van der Waals surface area contributed by atoms with E-state index >= 15 is 0 Å². The Morgan fingerprint density at radius 2 is 2.25 bits per heavy atom. The molecule has 0 aromatic carbocycles. The summed E-state index contributed by atoms with van der Waals surface area (Å²) in [5, 5.41) is 6.16. The highest BCUT2D eigenvalue weighted by Gasteiger charge is 2.18. The molecule has 1 aliphatic rings. The van der Waals surface area contributed by atoms with Crippen LogP contribution >= 0.6 is 0 Å². The summed E-state index contributed by atoms with van der Waals surface area (Å²) in [6.45, 7) is 1.58. The van der Waals surface area contributed by atoms with Crippen molar-refractivity contribution in [3.05, 3.63) is 0 Å². The minimum absolute atomic E-state index is 0.0189. The molecule has 0 aromatic heterocycles. The molecule has 0 radical (unpaired) electrons. The normalized spacial score (nSPS) is 23.4. The zero-order chi connectivity index (χ0) is 11.8. The fraction of sp³-hybridized carbons (Fsp3) is 0.909. The van der Waals surface area contributed by atoms with Crippen molar-refractivity contribution in [2.75, 3.05) is 25.1 Å². The van der Waals surface area contributed by atoms with Gasteiger partial charge in [-0.2, -0.15) is 0 Å². The lowest BCUT2D eigenvalue weighted by Gasteiger charge is -2.15. The molecule has 94 valence electrons. The van der Waals surface area contributed by atoms with Crippen LogP contribution in [0.4, 0.5) is 0 Å². The maximum absolute atomic E-state index is 11.7. The monoisotopic (exact) mass is 246 g/mol. The van der Waals surface area contributed by atoms with Crippen molar-refractivity contribution >= 4 is 16.7 Å². The largest absolute Gasteiger partial charge is 0.355 e. The lowest BCUT2D eigenvalue weighted by Crippen LogP contribution is -2.44. The third-order valence-corrected chi connectivity index (χ3v) is 3.65. The summed E-state index contributed by atoms with van der Waals surface area (Å²) in [7, 11) is -0.755. The van der Waals surface area contributed by atoms with Crippen molar-refractivity contribution in [1.29, 1.82) is 0 Å². The zero-order valence-corrected chi connectivity index (χ0v) is 10.8. The van der Waals surface area contributed by atoms with E-state index in [0.29, 0.717) is 12.3 Å². The van der Waals surface area contributed by atoms with Crippen LogP contribution in [0.3, 0.4) is 0 Å². The highest BCUT2D eigenvalue weighted by Crippen LogP contribution is 2.08. The Kier molecular flexibility index (Phi) is 6.64. The van der Waals surface area contributed by atoms with Gasteiger partial charge in [-0.1, -0.05) is 12.8 Å². The molecule has 2 N–H and O–H groups in total. The SMILES string of the molecule is CS(=O)CCCNC(=O)C1CCCCCN1. The number of amides is 1. The summed E-state index contributed by atoms with van der Waals surface area (Å²) >= 11 is 0. The first-order valence-corrected chi connectivity index (χ1v) is 7.74. The quantitative estimate of drug-likeness (QED) is 0.691. The predicted molar refractivity (Wildman–Crippen MR) is 66.8 cm³/mol. The summed E-state index contributed by atoms with van der Waals surface area (Å²) in [5.74, 6) is 0.766. The van der Waals surface area contributed by atoms with Gasteiger partial charge in [0.15, 0.2) is 0 Å². The van der Waals surface area contributed by atoms with Crippen LogP contribution in [0.2, 0.25) is 0 Å². The van der Waals surface area contributed by atoms with E-state index in [9.17, 15) is 9.00 Å². The van der Waals surface area contributed by atoms with Gasteiger partial charge in [-0.05, 0) is 25.8 Å². The number of nitrogens with one attached hydrogen (secondary N) is 2.